The molecule has 2 N–H and O–H groups in total. The zero-order valence-corrected chi connectivity index (χ0v) is 15.5. The number of benzene rings is 2. The molecule has 3 aromatic rings. The van der Waals surface area contributed by atoms with Gasteiger partial charge in [0.05, 0.1) is 30.1 Å². The SMILES string of the molecule is CCOc1ccc(-c2cc(C)c3cc(NC(C)=O)c(F)cc3n2)cc1CO. The molecule has 0 atom stereocenters. The minimum absolute atomic E-state index is 0.135. The molecule has 0 fully saturated rings. The molecule has 0 bridgehead atoms. The van der Waals surface area contributed by atoms with Crippen LogP contribution in [-0.2, 0) is 11.4 Å². The minimum Gasteiger partial charge on any atom is -0.494 e. The van der Waals surface area contributed by atoms with E-state index in [1.54, 1.807) is 12.1 Å². The molecule has 1 aromatic heterocycles. The minimum atomic E-state index is -0.538. The molecule has 6 heteroatoms. The Balaban J connectivity index is 2.10. The molecular weight excluding hydrogens is 347 g/mol. The number of aromatic nitrogens is 1. The molecule has 0 aliphatic rings. The van der Waals surface area contributed by atoms with E-state index in [0.717, 1.165) is 16.5 Å². The van der Waals surface area contributed by atoms with Crippen LogP contribution in [0, 0.1) is 12.7 Å². The van der Waals surface area contributed by atoms with Crippen molar-refractivity contribution in [3.63, 3.8) is 0 Å². The smallest absolute Gasteiger partial charge is 0.221 e. The summed E-state index contributed by atoms with van der Waals surface area (Å²) in [6.45, 7) is 5.49. The lowest BCUT2D eigenvalue weighted by Crippen LogP contribution is -2.07. The van der Waals surface area contributed by atoms with Crippen molar-refractivity contribution in [2.75, 3.05) is 11.9 Å². The van der Waals surface area contributed by atoms with E-state index in [2.05, 4.69) is 10.3 Å². The highest BCUT2D eigenvalue weighted by atomic mass is 19.1. The van der Waals surface area contributed by atoms with Crippen molar-refractivity contribution in [2.24, 2.45) is 0 Å². The number of nitrogens with one attached hydrogen (secondary N) is 1. The van der Waals surface area contributed by atoms with Crippen LogP contribution in [0.25, 0.3) is 22.2 Å². The largest absolute Gasteiger partial charge is 0.494 e. The Hall–Kier alpha value is -2.99. The summed E-state index contributed by atoms with van der Waals surface area (Å²) in [6.07, 6.45) is 0. The molecule has 0 radical (unpaired) electrons. The molecule has 27 heavy (non-hydrogen) atoms. The van der Waals surface area contributed by atoms with Crippen LogP contribution < -0.4 is 10.1 Å². The van der Waals surface area contributed by atoms with Gasteiger partial charge < -0.3 is 15.2 Å². The van der Waals surface area contributed by atoms with Crippen molar-refractivity contribution in [1.29, 1.82) is 0 Å². The van der Waals surface area contributed by atoms with Crippen LogP contribution in [0.4, 0.5) is 10.1 Å². The lowest BCUT2D eigenvalue weighted by atomic mass is 10.0. The predicted molar refractivity (Wildman–Crippen MR) is 103 cm³/mol. The van der Waals surface area contributed by atoms with Gasteiger partial charge in [0.1, 0.15) is 11.6 Å². The molecule has 0 spiro atoms. The van der Waals surface area contributed by atoms with E-state index in [-0.39, 0.29) is 18.2 Å². The van der Waals surface area contributed by atoms with E-state index in [4.69, 9.17) is 4.74 Å². The first-order chi connectivity index (χ1) is 12.9. The van der Waals surface area contributed by atoms with Gasteiger partial charge in [0, 0.05) is 29.5 Å². The summed E-state index contributed by atoms with van der Waals surface area (Å²) in [5, 5.41) is 12.8. The number of amides is 1. The second kappa shape index (κ2) is 7.72. The van der Waals surface area contributed by atoms with Crippen LogP contribution >= 0.6 is 0 Å². The van der Waals surface area contributed by atoms with Crippen LogP contribution in [0.2, 0.25) is 0 Å². The number of hydrogen-bond donors (Lipinski definition) is 2. The molecule has 1 amide bonds. The number of hydrogen-bond acceptors (Lipinski definition) is 4. The third-order valence-electron chi connectivity index (χ3n) is 4.24. The second-order valence-electron chi connectivity index (χ2n) is 6.27. The maximum absolute atomic E-state index is 14.3. The van der Waals surface area contributed by atoms with Gasteiger partial charge in [-0.25, -0.2) is 9.37 Å². The number of aryl methyl sites for hydroxylation is 1. The van der Waals surface area contributed by atoms with Crippen molar-refractivity contribution in [1.82, 2.24) is 4.98 Å². The van der Waals surface area contributed by atoms with Gasteiger partial charge in [-0.15, -0.1) is 0 Å². The van der Waals surface area contributed by atoms with E-state index in [0.29, 0.717) is 29.1 Å². The fourth-order valence-electron chi connectivity index (χ4n) is 3.01. The number of carbonyl (C=O) groups excluding carboxylic acids is 1. The molecule has 5 nitrogen and oxygen atoms in total. The highest BCUT2D eigenvalue weighted by molar-refractivity contribution is 5.94. The number of anilines is 1. The van der Waals surface area contributed by atoms with Gasteiger partial charge in [-0.05, 0) is 49.7 Å². The molecule has 0 aliphatic carbocycles. The van der Waals surface area contributed by atoms with E-state index < -0.39 is 5.82 Å². The number of carbonyl (C=O) groups is 1. The molecule has 0 aliphatic heterocycles. The monoisotopic (exact) mass is 368 g/mol. The summed E-state index contributed by atoms with van der Waals surface area (Å²) in [6, 6.07) is 10.3. The summed E-state index contributed by atoms with van der Waals surface area (Å²) >= 11 is 0. The first-order valence-corrected chi connectivity index (χ1v) is 8.68. The molecular formula is C21H21FN2O3. The van der Waals surface area contributed by atoms with Crippen molar-refractivity contribution < 1.29 is 19.0 Å². The maximum atomic E-state index is 14.3. The van der Waals surface area contributed by atoms with E-state index >= 15 is 0 Å². The van der Waals surface area contributed by atoms with Crippen LogP contribution in [0.1, 0.15) is 25.0 Å². The van der Waals surface area contributed by atoms with Gasteiger partial charge >= 0.3 is 0 Å². The Labute approximate surface area is 156 Å². The van der Waals surface area contributed by atoms with E-state index in [1.165, 1.54) is 13.0 Å². The number of ether oxygens (including phenoxy) is 1. The third-order valence-corrected chi connectivity index (χ3v) is 4.24. The van der Waals surface area contributed by atoms with Crippen LogP contribution in [-0.4, -0.2) is 22.6 Å². The van der Waals surface area contributed by atoms with Crippen molar-refractivity contribution in [3.8, 4) is 17.0 Å². The first-order valence-electron chi connectivity index (χ1n) is 8.68. The number of aliphatic hydroxyl groups excluding tert-OH is 1. The molecule has 2 aromatic carbocycles. The van der Waals surface area contributed by atoms with Crippen molar-refractivity contribution in [2.45, 2.75) is 27.4 Å². The summed E-state index contributed by atoms with van der Waals surface area (Å²) < 4.78 is 19.8. The molecule has 0 saturated carbocycles. The van der Waals surface area contributed by atoms with Gasteiger partial charge in [0.15, 0.2) is 0 Å². The lowest BCUT2D eigenvalue weighted by molar-refractivity contribution is -0.114. The Kier molecular flexibility index (Phi) is 5.37. The van der Waals surface area contributed by atoms with Gasteiger partial charge in [0.2, 0.25) is 5.91 Å². The average Bonchev–Trinajstić information content (AvgIpc) is 2.63. The van der Waals surface area contributed by atoms with Crippen LogP contribution in [0.5, 0.6) is 5.75 Å². The van der Waals surface area contributed by atoms with Gasteiger partial charge in [-0.1, -0.05) is 0 Å². The highest BCUT2D eigenvalue weighted by Gasteiger charge is 2.12. The molecule has 3 rings (SSSR count). The van der Waals surface area contributed by atoms with Crippen molar-refractivity contribution >= 4 is 22.5 Å². The van der Waals surface area contributed by atoms with Gasteiger partial charge in [-0.2, -0.15) is 0 Å². The summed E-state index contributed by atoms with van der Waals surface area (Å²) in [5.74, 6) is -0.238. The standard InChI is InChI=1S/C21H21FN2O3/c1-4-27-21-6-5-14(8-15(21)11-25)18-7-12(2)16-9-20(23-13(3)26)17(22)10-19(16)24-18/h5-10,25H,4,11H2,1-3H3,(H,23,26). The second-order valence-corrected chi connectivity index (χ2v) is 6.27. The fourth-order valence-corrected chi connectivity index (χ4v) is 3.01. The zero-order valence-electron chi connectivity index (χ0n) is 15.5. The number of rotatable bonds is 5. The number of fused-ring (bicyclic) bond motifs is 1. The lowest BCUT2D eigenvalue weighted by Gasteiger charge is -2.12. The number of pyridine rings is 1. The summed E-state index contributed by atoms with van der Waals surface area (Å²) in [5.41, 5.74) is 3.68. The Bertz CT molecular complexity index is 1020. The normalized spacial score (nSPS) is 10.9. The van der Waals surface area contributed by atoms with Gasteiger partial charge in [-0.3, -0.25) is 4.79 Å². The predicted octanol–water partition coefficient (Wildman–Crippen LogP) is 4.20. The summed E-state index contributed by atoms with van der Waals surface area (Å²) in [4.78, 5) is 15.8. The van der Waals surface area contributed by atoms with Crippen molar-refractivity contribution in [3.05, 3.63) is 53.3 Å². The first kappa shape index (κ1) is 18.8. The summed E-state index contributed by atoms with van der Waals surface area (Å²) in [7, 11) is 0. The number of nitrogens with zero attached hydrogens (tertiary/aromatic N) is 1. The van der Waals surface area contributed by atoms with E-state index in [9.17, 15) is 14.3 Å². The third kappa shape index (κ3) is 3.90. The topological polar surface area (TPSA) is 71.5 Å². The molecule has 1 heterocycles. The number of aliphatic hydroxyl groups is 1. The van der Waals surface area contributed by atoms with E-state index in [1.807, 2.05) is 32.0 Å². The molecule has 0 unspecified atom stereocenters. The Morgan fingerprint density at radius 2 is 2.04 bits per heavy atom. The van der Waals surface area contributed by atoms with Crippen LogP contribution in [0.3, 0.4) is 0 Å². The highest BCUT2D eigenvalue weighted by Crippen LogP contribution is 2.30. The maximum Gasteiger partial charge on any atom is 0.221 e. The fraction of sp³-hybridized carbons (Fsp3) is 0.238. The van der Waals surface area contributed by atoms with Gasteiger partial charge in [0.25, 0.3) is 0 Å². The zero-order chi connectivity index (χ0) is 19.6. The molecule has 140 valence electrons. The average molecular weight is 368 g/mol. The quantitative estimate of drug-likeness (QED) is 0.708. The molecule has 0 saturated heterocycles. The Morgan fingerprint density at radius 3 is 2.70 bits per heavy atom. The number of halogens is 1. The van der Waals surface area contributed by atoms with Crippen LogP contribution in [0.15, 0.2) is 36.4 Å². The Morgan fingerprint density at radius 1 is 1.26 bits per heavy atom.